The van der Waals surface area contributed by atoms with E-state index in [0.717, 1.165) is 17.7 Å². The van der Waals surface area contributed by atoms with Gasteiger partial charge in [-0.1, -0.05) is 31.5 Å². The van der Waals surface area contributed by atoms with Crippen LogP contribution in [-0.2, 0) is 4.79 Å². The molecule has 1 aromatic rings. The number of benzene rings is 1. The van der Waals surface area contributed by atoms with Crippen molar-refractivity contribution in [1.82, 2.24) is 4.90 Å². The van der Waals surface area contributed by atoms with E-state index < -0.39 is 18.0 Å². The van der Waals surface area contributed by atoms with Gasteiger partial charge in [-0.3, -0.25) is 14.4 Å². The molecule has 5 nitrogen and oxygen atoms in total. The molecule has 0 aliphatic carbocycles. The average Bonchev–Trinajstić information content (AvgIpc) is 2.84. The smallest absolute Gasteiger partial charge is 0.263 e. The van der Waals surface area contributed by atoms with E-state index in [4.69, 9.17) is 11.6 Å². The molecule has 0 saturated carbocycles. The largest absolute Gasteiger partial charge is 0.373 e. The summed E-state index contributed by atoms with van der Waals surface area (Å²) in [4.78, 5) is 37.5. The second kappa shape index (κ2) is 8.60. The lowest BCUT2D eigenvalue weighted by Gasteiger charge is -2.25. The van der Waals surface area contributed by atoms with Gasteiger partial charge in [-0.2, -0.15) is 0 Å². The zero-order valence-electron chi connectivity index (χ0n) is 15.1. The van der Waals surface area contributed by atoms with Crippen molar-refractivity contribution in [2.45, 2.75) is 52.2 Å². The van der Waals surface area contributed by atoms with Crippen LogP contribution in [0.2, 0.25) is 5.02 Å². The van der Waals surface area contributed by atoms with Gasteiger partial charge in [0.2, 0.25) is 0 Å². The second-order valence-electron chi connectivity index (χ2n) is 6.76. The second-order valence-corrected chi connectivity index (χ2v) is 7.19. The molecule has 0 bridgehead atoms. The maximum Gasteiger partial charge on any atom is 0.263 e. The Labute approximate surface area is 158 Å². The molecule has 6 heteroatoms. The number of halogens is 1. The van der Waals surface area contributed by atoms with Gasteiger partial charge in [0.1, 0.15) is 6.23 Å². The van der Waals surface area contributed by atoms with E-state index in [2.05, 4.69) is 6.58 Å². The molecule has 1 heterocycles. The van der Waals surface area contributed by atoms with Crippen molar-refractivity contribution in [2.75, 3.05) is 0 Å². The molecule has 0 aromatic heterocycles. The number of allylic oxidation sites excluding steroid dienone is 1. The van der Waals surface area contributed by atoms with Crippen LogP contribution in [0.5, 0.6) is 0 Å². The Morgan fingerprint density at radius 3 is 2.54 bits per heavy atom. The number of rotatable bonds is 9. The van der Waals surface area contributed by atoms with Crippen LogP contribution in [0.4, 0.5) is 0 Å². The van der Waals surface area contributed by atoms with Crippen LogP contribution in [0, 0.1) is 5.92 Å². The van der Waals surface area contributed by atoms with E-state index in [9.17, 15) is 19.5 Å². The lowest BCUT2D eigenvalue weighted by Crippen LogP contribution is -2.40. The van der Waals surface area contributed by atoms with Gasteiger partial charge in [-0.05, 0) is 55.9 Å². The number of imide groups is 1. The molecule has 26 heavy (non-hydrogen) atoms. The molecule has 1 N–H and O–H groups in total. The standard InChI is InChI=1S/C20H24ClNO4/c1-4-13(6-5-7-17(23)12(2)3)10-18(24)22-19(25)15-9-8-14(21)11-16(15)20(22)26/h8-9,11,13,18,24H,2,4-7,10H2,1,3H3. The van der Waals surface area contributed by atoms with Gasteiger partial charge in [0.05, 0.1) is 11.1 Å². The number of Topliss-reactive ketones (excluding diaryl/α,β-unsaturated/α-hetero) is 1. The fourth-order valence-electron chi connectivity index (χ4n) is 3.16. The molecule has 1 aliphatic heterocycles. The summed E-state index contributed by atoms with van der Waals surface area (Å²) >= 11 is 5.90. The van der Waals surface area contributed by atoms with E-state index >= 15 is 0 Å². The van der Waals surface area contributed by atoms with E-state index in [1.54, 1.807) is 13.0 Å². The number of aliphatic hydroxyl groups is 1. The first-order valence-electron chi connectivity index (χ1n) is 8.80. The predicted molar refractivity (Wildman–Crippen MR) is 100 cm³/mol. The Hall–Kier alpha value is -1.98. The SMILES string of the molecule is C=C(C)C(=O)CCCC(CC)CC(O)N1C(=O)c2ccc(Cl)cc2C1=O. The van der Waals surface area contributed by atoms with Crippen molar-refractivity contribution in [3.05, 3.63) is 46.5 Å². The Morgan fingerprint density at radius 1 is 1.27 bits per heavy atom. The van der Waals surface area contributed by atoms with Gasteiger partial charge in [-0.25, -0.2) is 4.90 Å². The van der Waals surface area contributed by atoms with Crippen molar-refractivity contribution in [3.63, 3.8) is 0 Å². The maximum absolute atomic E-state index is 12.5. The third-order valence-corrected chi connectivity index (χ3v) is 5.03. The zero-order valence-corrected chi connectivity index (χ0v) is 15.9. The minimum atomic E-state index is -1.19. The van der Waals surface area contributed by atoms with Gasteiger partial charge >= 0.3 is 0 Å². The number of amides is 2. The average molecular weight is 378 g/mol. The summed E-state index contributed by atoms with van der Waals surface area (Å²) in [5.74, 6) is -0.873. The minimum absolute atomic E-state index is 0.0395. The van der Waals surface area contributed by atoms with Crippen LogP contribution in [-0.4, -0.2) is 33.8 Å². The van der Waals surface area contributed by atoms with Crippen LogP contribution in [0.25, 0.3) is 0 Å². The molecule has 2 rings (SSSR count). The maximum atomic E-state index is 12.5. The number of fused-ring (bicyclic) bond motifs is 1. The molecule has 0 saturated heterocycles. The quantitative estimate of drug-likeness (QED) is 0.521. The van der Waals surface area contributed by atoms with Gasteiger partial charge in [0.25, 0.3) is 11.8 Å². The monoisotopic (exact) mass is 377 g/mol. The lowest BCUT2D eigenvalue weighted by molar-refractivity contribution is -0.115. The molecule has 0 radical (unpaired) electrons. The molecule has 0 spiro atoms. The summed E-state index contributed by atoms with van der Waals surface area (Å²) < 4.78 is 0. The summed E-state index contributed by atoms with van der Waals surface area (Å²) in [5, 5.41) is 10.9. The highest BCUT2D eigenvalue weighted by atomic mass is 35.5. The van der Waals surface area contributed by atoms with Crippen molar-refractivity contribution in [3.8, 4) is 0 Å². The first-order chi connectivity index (χ1) is 12.3. The third kappa shape index (κ3) is 4.40. The predicted octanol–water partition coefficient (Wildman–Crippen LogP) is 3.99. The van der Waals surface area contributed by atoms with Crippen LogP contribution in [0.15, 0.2) is 30.4 Å². The Morgan fingerprint density at radius 2 is 1.92 bits per heavy atom. The highest BCUT2D eigenvalue weighted by Gasteiger charge is 2.40. The van der Waals surface area contributed by atoms with E-state index in [-0.39, 0.29) is 29.2 Å². The Bertz CT molecular complexity index is 743. The normalized spacial score (nSPS) is 15.8. The van der Waals surface area contributed by atoms with Gasteiger partial charge < -0.3 is 5.11 Å². The summed E-state index contributed by atoms with van der Waals surface area (Å²) in [7, 11) is 0. The van der Waals surface area contributed by atoms with E-state index in [0.29, 0.717) is 23.4 Å². The zero-order chi connectivity index (χ0) is 19.4. The summed E-state index contributed by atoms with van der Waals surface area (Å²) in [6.45, 7) is 7.31. The van der Waals surface area contributed by atoms with Gasteiger partial charge in [0.15, 0.2) is 5.78 Å². The van der Waals surface area contributed by atoms with Crippen LogP contribution in [0.3, 0.4) is 0 Å². The van der Waals surface area contributed by atoms with Gasteiger partial charge in [0, 0.05) is 11.4 Å². The van der Waals surface area contributed by atoms with Crippen molar-refractivity contribution >= 4 is 29.2 Å². The van der Waals surface area contributed by atoms with Crippen LogP contribution < -0.4 is 0 Å². The molecule has 1 aliphatic rings. The van der Waals surface area contributed by atoms with Crippen LogP contribution >= 0.6 is 11.6 Å². The fraction of sp³-hybridized carbons (Fsp3) is 0.450. The fourth-order valence-corrected chi connectivity index (χ4v) is 3.33. The summed E-state index contributed by atoms with van der Waals surface area (Å²) in [6, 6.07) is 4.50. The molecule has 2 unspecified atom stereocenters. The van der Waals surface area contributed by atoms with Crippen LogP contribution in [0.1, 0.15) is 66.7 Å². The highest BCUT2D eigenvalue weighted by molar-refractivity contribution is 6.32. The number of nitrogens with zero attached hydrogens (tertiary/aromatic N) is 1. The molecular formula is C20H24ClNO4. The number of aliphatic hydroxyl groups excluding tert-OH is 1. The van der Waals surface area contributed by atoms with Crippen molar-refractivity contribution in [1.29, 1.82) is 0 Å². The van der Waals surface area contributed by atoms with E-state index in [1.165, 1.54) is 12.1 Å². The van der Waals surface area contributed by atoms with Crippen molar-refractivity contribution in [2.24, 2.45) is 5.92 Å². The number of hydrogen-bond donors (Lipinski definition) is 1. The lowest BCUT2D eigenvalue weighted by atomic mass is 9.93. The molecule has 140 valence electrons. The van der Waals surface area contributed by atoms with Crippen molar-refractivity contribution < 1.29 is 19.5 Å². The highest BCUT2D eigenvalue weighted by Crippen LogP contribution is 2.29. The summed E-state index contributed by atoms with van der Waals surface area (Å²) in [6.07, 6.45) is 1.73. The minimum Gasteiger partial charge on any atom is -0.373 e. The van der Waals surface area contributed by atoms with Gasteiger partial charge in [-0.15, -0.1) is 0 Å². The third-order valence-electron chi connectivity index (χ3n) is 4.79. The number of ketones is 1. The Balaban J connectivity index is 1.99. The van der Waals surface area contributed by atoms with E-state index in [1.807, 2.05) is 6.92 Å². The number of hydrogen-bond acceptors (Lipinski definition) is 4. The Kier molecular flexibility index (Phi) is 6.73. The molecule has 0 fully saturated rings. The molecule has 2 amide bonds. The molecule has 1 aromatic carbocycles. The number of carbonyl (C=O) groups is 3. The summed E-state index contributed by atoms with van der Waals surface area (Å²) in [5.41, 5.74) is 1.03. The number of carbonyl (C=O) groups excluding carboxylic acids is 3. The first-order valence-corrected chi connectivity index (χ1v) is 9.18. The molecule has 2 atom stereocenters. The topological polar surface area (TPSA) is 74.7 Å². The first kappa shape index (κ1) is 20.3. The molecular weight excluding hydrogens is 354 g/mol.